The Morgan fingerprint density at radius 2 is 1.66 bits per heavy atom. The highest BCUT2D eigenvalue weighted by Crippen LogP contribution is 2.32. The summed E-state index contributed by atoms with van der Waals surface area (Å²) in [6, 6.07) is 17.0. The van der Waals surface area contributed by atoms with Crippen molar-refractivity contribution < 1.29 is 0 Å². The third-order valence-electron chi connectivity index (χ3n) is 5.86. The van der Waals surface area contributed by atoms with Gasteiger partial charge < -0.3 is 10.7 Å². The van der Waals surface area contributed by atoms with E-state index in [0.717, 1.165) is 33.6 Å². The highest BCUT2D eigenvalue weighted by molar-refractivity contribution is 5.79. The van der Waals surface area contributed by atoms with Gasteiger partial charge in [-0.15, -0.1) is 0 Å². The normalized spacial score (nSPS) is 14.9. The fourth-order valence-electron chi connectivity index (χ4n) is 4.22. The highest BCUT2D eigenvalue weighted by Gasteiger charge is 2.17. The number of H-pyrrole nitrogens is 1. The number of hydrogen-bond acceptors (Lipinski definition) is 3. The number of pyridine rings is 1. The van der Waals surface area contributed by atoms with Gasteiger partial charge in [0, 0.05) is 40.5 Å². The first-order valence-electron chi connectivity index (χ1n) is 10.3. The summed E-state index contributed by atoms with van der Waals surface area (Å²) in [7, 11) is 0. The molecule has 5 nitrogen and oxygen atoms in total. The molecule has 0 unspecified atom stereocenters. The molecule has 4 aromatic rings. The summed E-state index contributed by atoms with van der Waals surface area (Å²) in [4.78, 5) is 7.94. The quantitative estimate of drug-likeness (QED) is 0.475. The Kier molecular flexibility index (Phi) is 4.64. The maximum absolute atomic E-state index is 6.22. The third kappa shape index (κ3) is 3.56. The first-order chi connectivity index (χ1) is 14.3. The van der Waals surface area contributed by atoms with Crippen molar-refractivity contribution >= 4 is 5.82 Å². The van der Waals surface area contributed by atoms with Crippen molar-refractivity contribution in [3.05, 3.63) is 67.1 Å². The number of hydrogen-bond donors (Lipinski definition) is 2. The van der Waals surface area contributed by atoms with E-state index < -0.39 is 0 Å². The second kappa shape index (κ2) is 7.59. The monoisotopic (exact) mass is 383 g/mol. The van der Waals surface area contributed by atoms with Crippen molar-refractivity contribution in [3.63, 3.8) is 0 Å². The van der Waals surface area contributed by atoms with Gasteiger partial charge in [0.15, 0.2) is 0 Å². The van der Waals surface area contributed by atoms with Crippen molar-refractivity contribution in [2.45, 2.75) is 38.1 Å². The molecule has 1 aromatic carbocycles. The summed E-state index contributed by atoms with van der Waals surface area (Å²) in [6.45, 7) is 0. The van der Waals surface area contributed by atoms with Crippen molar-refractivity contribution in [1.82, 2.24) is 19.7 Å². The first-order valence-corrected chi connectivity index (χ1v) is 10.3. The van der Waals surface area contributed by atoms with Crippen LogP contribution in [0.2, 0.25) is 0 Å². The maximum atomic E-state index is 6.22. The molecule has 1 saturated carbocycles. The minimum absolute atomic E-state index is 0.523. The summed E-state index contributed by atoms with van der Waals surface area (Å²) in [5.41, 5.74) is 12.4. The summed E-state index contributed by atoms with van der Waals surface area (Å²) in [6.07, 6.45) is 12.3. The van der Waals surface area contributed by atoms with Crippen molar-refractivity contribution in [2.75, 3.05) is 5.73 Å². The molecule has 1 aliphatic carbocycles. The molecule has 3 heterocycles. The van der Waals surface area contributed by atoms with Gasteiger partial charge in [-0.3, -0.25) is 4.68 Å². The number of anilines is 1. The lowest BCUT2D eigenvalue weighted by Crippen LogP contribution is -2.12. The lowest BCUT2D eigenvalue weighted by atomic mass is 9.96. The minimum Gasteiger partial charge on any atom is -0.383 e. The lowest BCUT2D eigenvalue weighted by Gasteiger charge is -2.21. The van der Waals surface area contributed by atoms with E-state index in [2.05, 4.69) is 56.3 Å². The van der Waals surface area contributed by atoms with Crippen LogP contribution in [0.15, 0.2) is 67.1 Å². The standard InChI is InChI=1S/C24H25N5/c25-24-21(23-12-11-22(28-23)17-7-3-1-4-8-17)13-18(14-26-24)19-15-27-29(16-19)20-9-5-2-6-10-20/h1,3-4,7-8,11-16,20,28H,2,5-6,9-10H2,(H2,25,26). The zero-order valence-electron chi connectivity index (χ0n) is 16.4. The first kappa shape index (κ1) is 17.7. The second-order valence-electron chi connectivity index (χ2n) is 7.81. The molecule has 0 saturated heterocycles. The number of nitrogens with zero attached hydrogens (tertiary/aromatic N) is 3. The zero-order valence-corrected chi connectivity index (χ0v) is 16.4. The van der Waals surface area contributed by atoms with E-state index in [1.807, 2.05) is 30.6 Å². The molecule has 1 fully saturated rings. The van der Waals surface area contributed by atoms with Crippen LogP contribution >= 0.6 is 0 Å². The van der Waals surface area contributed by atoms with Gasteiger partial charge in [0.05, 0.1) is 12.2 Å². The van der Waals surface area contributed by atoms with Crippen LogP contribution in [0.5, 0.6) is 0 Å². The van der Waals surface area contributed by atoms with Crippen LogP contribution in [0.3, 0.4) is 0 Å². The number of benzene rings is 1. The summed E-state index contributed by atoms with van der Waals surface area (Å²) >= 11 is 0. The molecule has 0 bridgehead atoms. The summed E-state index contributed by atoms with van der Waals surface area (Å²) in [5.74, 6) is 0.523. The second-order valence-corrected chi connectivity index (χ2v) is 7.81. The molecule has 0 atom stereocenters. The van der Waals surface area contributed by atoms with Gasteiger partial charge in [0.1, 0.15) is 5.82 Å². The van der Waals surface area contributed by atoms with Gasteiger partial charge in [0.25, 0.3) is 0 Å². The van der Waals surface area contributed by atoms with Crippen molar-refractivity contribution in [2.24, 2.45) is 0 Å². The molecule has 3 N–H and O–H groups in total. The Balaban J connectivity index is 1.45. The summed E-state index contributed by atoms with van der Waals surface area (Å²) < 4.78 is 2.13. The Morgan fingerprint density at radius 3 is 2.48 bits per heavy atom. The van der Waals surface area contributed by atoms with Gasteiger partial charge in [-0.1, -0.05) is 49.6 Å². The molecular formula is C24H25N5. The van der Waals surface area contributed by atoms with Gasteiger partial charge >= 0.3 is 0 Å². The smallest absolute Gasteiger partial charge is 0.132 e. The Bertz CT molecular complexity index is 1100. The lowest BCUT2D eigenvalue weighted by molar-refractivity contribution is 0.329. The Labute approximate surface area is 170 Å². The highest BCUT2D eigenvalue weighted by atomic mass is 15.3. The molecule has 0 amide bonds. The maximum Gasteiger partial charge on any atom is 0.132 e. The van der Waals surface area contributed by atoms with Crippen LogP contribution < -0.4 is 5.73 Å². The van der Waals surface area contributed by atoms with Gasteiger partial charge in [-0.25, -0.2) is 4.98 Å². The van der Waals surface area contributed by atoms with E-state index in [9.17, 15) is 0 Å². The average molecular weight is 383 g/mol. The van der Waals surface area contributed by atoms with Crippen molar-refractivity contribution in [1.29, 1.82) is 0 Å². The molecule has 1 aliphatic rings. The predicted molar refractivity (Wildman–Crippen MR) is 117 cm³/mol. The van der Waals surface area contributed by atoms with Gasteiger partial charge in [-0.2, -0.15) is 5.10 Å². The minimum atomic E-state index is 0.523. The Hall–Kier alpha value is -3.34. The van der Waals surface area contributed by atoms with Crippen LogP contribution in [0.1, 0.15) is 38.1 Å². The van der Waals surface area contributed by atoms with Crippen LogP contribution in [-0.4, -0.2) is 19.7 Å². The van der Waals surface area contributed by atoms with Crippen LogP contribution in [-0.2, 0) is 0 Å². The van der Waals surface area contributed by atoms with Crippen LogP contribution in [0.4, 0.5) is 5.82 Å². The number of aromatic nitrogens is 4. The number of nitrogens with one attached hydrogen (secondary N) is 1. The molecule has 5 heteroatoms. The Morgan fingerprint density at radius 1 is 0.862 bits per heavy atom. The van der Waals surface area contributed by atoms with E-state index in [4.69, 9.17) is 5.73 Å². The van der Waals surface area contributed by atoms with E-state index in [-0.39, 0.29) is 0 Å². The molecule has 0 spiro atoms. The summed E-state index contributed by atoms with van der Waals surface area (Å²) in [5, 5.41) is 4.63. The number of nitrogens with two attached hydrogens (primary N) is 1. The zero-order chi connectivity index (χ0) is 19.6. The van der Waals surface area contributed by atoms with E-state index >= 15 is 0 Å². The molecule has 146 valence electrons. The topological polar surface area (TPSA) is 72.5 Å². The van der Waals surface area contributed by atoms with Crippen LogP contribution in [0.25, 0.3) is 33.6 Å². The fraction of sp³-hybridized carbons (Fsp3) is 0.250. The fourth-order valence-corrected chi connectivity index (χ4v) is 4.22. The van der Waals surface area contributed by atoms with E-state index in [1.54, 1.807) is 0 Å². The number of rotatable bonds is 4. The van der Waals surface area contributed by atoms with Crippen LogP contribution in [0, 0.1) is 0 Å². The average Bonchev–Trinajstić information content (AvgIpc) is 3.46. The molecule has 0 aliphatic heterocycles. The van der Waals surface area contributed by atoms with Gasteiger partial charge in [-0.05, 0) is 36.6 Å². The third-order valence-corrected chi connectivity index (χ3v) is 5.86. The van der Waals surface area contributed by atoms with E-state index in [1.165, 1.54) is 32.1 Å². The number of nitrogen functional groups attached to an aromatic ring is 1. The number of aromatic amines is 1. The molecule has 0 radical (unpaired) electrons. The molecular weight excluding hydrogens is 358 g/mol. The molecule has 5 rings (SSSR count). The predicted octanol–water partition coefficient (Wildman–Crippen LogP) is 5.69. The SMILES string of the molecule is Nc1ncc(-c2cnn(C3CCCCC3)c2)cc1-c1ccc(-c2ccccc2)[nH]1. The van der Waals surface area contributed by atoms with Crippen molar-refractivity contribution in [3.8, 4) is 33.6 Å². The van der Waals surface area contributed by atoms with E-state index in [0.29, 0.717) is 11.9 Å². The largest absolute Gasteiger partial charge is 0.383 e. The molecule has 29 heavy (non-hydrogen) atoms. The molecule has 3 aromatic heterocycles. The van der Waals surface area contributed by atoms with Gasteiger partial charge in [0.2, 0.25) is 0 Å².